The molecule has 1 aromatic carbocycles. The Morgan fingerprint density at radius 1 is 1.35 bits per heavy atom. The quantitative estimate of drug-likeness (QED) is 0.845. The van der Waals surface area contributed by atoms with Gasteiger partial charge in [-0.1, -0.05) is 12.1 Å². The molecule has 0 fully saturated rings. The van der Waals surface area contributed by atoms with E-state index in [1.807, 2.05) is 22.9 Å². The Morgan fingerprint density at radius 2 is 2.10 bits per heavy atom. The number of hydrogen-bond acceptors (Lipinski definition) is 3. The third kappa shape index (κ3) is 4.06. The molecule has 1 heterocycles. The summed E-state index contributed by atoms with van der Waals surface area (Å²) in [6.45, 7) is 3.50. The van der Waals surface area contributed by atoms with Crippen LogP contribution in [0.3, 0.4) is 0 Å². The Morgan fingerprint density at radius 3 is 2.80 bits per heavy atom. The molecule has 5 heteroatoms. The number of aromatic nitrogens is 2. The lowest BCUT2D eigenvalue weighted by Gasteiger charge is -2.16. The van der Waals surface area contributed by atoms with E-state index in [1.54, 1.807) is 13.3 Å². The van der Waals surface area contributed by atoms with Gasteiger partial charge in [0.1, 0.15) is 5.82 Å². The third-order valence-electron chi connectivity index (χ3n) is 3.08. The summed E-state index contributed by atoms with van der Waals surface area (Å²) in [6, 6.07) is 6.81. The fourth-order valence-electron chi connectivity index (χ4n) is 2.06. The number of halogens is 1. The van der Waals surface area contributed by atoms with Crippen LogP contribution in [-0.4, -0.2) is 29.3 Å². The number of nitrogens with zero attached hydrogens (tertiary/aromatic N) is 2. The Labute approximate surface area is 118 Å². The SMILES string of the molecule is COCCn1ccnc1NC(C)Cc1ccc(F)cc1. The first-order chi connectivity index (χ1) is 9.69. The molecule has 1 unspecified atom stereocenters. The standard InChI is InChI=1S/C15H20FN3O/c1-12(11-13-3-5-14(16)6-4-13)18-15-17-7-8-19(15)9-10-20-2/h3-8,12H,9-11H2,1-2H3,(H,17,18). The topological polar surface area (TPSA) is 39.1 Å². The van der Waals surface area contributed by atoms with Gasteiger partial charge in [-0.15, -0.1) is 0 Å². The number of ether oxygens (including phenoxy) is 1. The van der Waals surface area contributed by atoms with Gasteiger partial charge in [-0.3, -0.25) is 0 Å². The van der Waals surface area contributed by atoms with Crippen molar-refractivity contribution in [3.63, 3.8) is 0 Å². The second-order valence-corrected chi connectivity index (χ2v) is 4.81. The summed E-state index contributed by atoms with van der Waals surface area (Å²) in [5.74, 6) is 0.626. The van der Waals surface area contributed by atoms with Gasteiger partial charge in [-0.25, -0.2) is 9.37 Å². The monoisotopic (exact) mass is 277 g/mol. The average molecular weight is 277 g/mol. The van der Waals surface area contributed by atoms with E-state index in [0.29, 0.717) is 6.61 Å². The van der Waals surface area contributed by atoms with Crippen molar-refractivity contribution in [2.45, 2.75) is 25.9 Å². The molecule has 0 saturated heterocycles. The van der Waals surface area contributed by atoms with E-state index in [4.69, 9.17) is 4.74 Å². The van der Waals surface area contributed by atoms with Crippen molar-refractivity contribution in [3.05, 3.63) is 48.0 Å². The largest absolute Gasteiger partial charge is 0.383 e. The molecule has 0 spiro atoms. The van der Waals surface area contributed by atoms with Gasteiger partial charge in [-0.2, -0.15) is 0 Å². The van der Waals surface area contributed by atoms with E-state index >= 15 is 0 Å². The highest BCUT2D eigenvalue weighted by Crippen LogP contribution is 2.10. The van der Waals surface area contributed by atoms with Crippen LogP contribution in [-0.2, 0) is 17.7 Å². The molecular formula is C15H20FN3O. The van der Waals surface area contributed by atoms with Crippen LogP contribution in [0.5, 0.6) is 0 Å². The number of nitrogens with one attached hydrogen (secondary N) is 1. The van der Waals surface area contributed by atoms with Crippen molar-refractivity contribution in [1.82, 2.24) is 9.55 Å². The average Bonchev–Trinajstić information content (AvgIpc) is 2.86. The number of imidazole rings is 1. The number of methoxy groups -OCH3 is 1. The molecule has 1 aromatic heterocycles. The van der Waals surface area contributed by atoms with E-state index < -0.39 is 0 Å². The molecule has 2 rings (SSSR count). The maximum absolute atomic E-state index is 12.9. The van der Waals surface area contributed by atoms with Crippen molar-refractivity contribution in [2.75, 3.05) is 19.0 Å². The summed E-state index contributed by atoms with van der Waals surface area (Å²) < 4.78 is 19.9. The maximum atomic E-state index is 12.9. The number of benzene rings is 1. The predicted molar refractivity (Wildman–Crippen MR) is 77.3 cm³/mol. The molecule has 1 atom stereocenters. The van der Waals surface area contributed by atoms with E-state index in [2.05, 4.69) is 17.2 Å². The van der Waals surface area contributed by atoms with Crippen molar-refractivity contribution in [3.8, 4) is 0 Å². The van der Waals surface area contributed by atoms with Crippen LogP contribution in [0.1, 0.15) is 12.5 Å². The summed E-state index contributed by atoms with van der Waals surface area (Å²) in [5.41, 5.74) is 1.10. The second kappa shape index (κ2) is 7.05. The lowest BCUT2D eigenvalue weighted by Crippen LogP contribution is -2.21. The lowest BCUT2D eigenvalue weighted by molar-refractivity contribution is 0.187. The van der Waals surface area contributed by atoms with Crippen LogP contribution in [0.15, 0.2) is 36.7 Å². The predicted octanol–water partition coefficient (Wildman–Crippen LogP) is 2.71. The summed E-state index contributed by atoms with van der Waals surface area (Å²) >= 11 is 0. The lowest BCUT2D eigenvalue weighted by atomic mass is 10.1. The highest BCUT2D eigenvalue weighted by atomic mass is 19.1. The van der Waals surface area contributed by atoms with Crippen LogP contribution in [0.25, 0.3) is 0 Å². The molecular weight excluding hydrogens is 257 g/mol. The molecule has 108 valence electrons. The summed E-state index contributed by atoms with van der Waals surface area (Å²) in [6.07, 6.45) is 4.51. The van der Waals surface area contributed by atoms with E-state index in [1.165, 1.54) is 12.1 Å². The molecule has 4 nitrogen and oxygen atoms in total. The fraction of sp³-hybridized carbons (Fsp3) is 0.400. The van der Waals surface area contributed by atoms with Gasteiger partial charge in [0.15, 0.2) is 0 Å². The van der Waals surface area contributed by atoms with E-state index in [-0.39, 0.29) is 11.9 Å². The minimum absolute atomic E-state index is 0.204. The van der Waals surface area contributed by atoms with Crippen LogP contribution in [0, 0.1) is 5.82 Å². The first kappa shape index (κ1) is 14.5. The molecule has 0 radical (unpaired) electrons. The Kier molecular flexibility index (Phi) is 5.12. The fourth-order valence-corrected chi connectivity index (χ4v) is 2.06. The van der Waals surface area contributed by atoms with Crippen LogP contribution in [0.4, 0.5) is 10.3 Å². The maximum Gasteiger partial charge on any atom is 0.203 e. The Balaban J connectivity index is 1.92. The first-order valence-electron chi connectivity index (χ1n) is 6.70. The van der Waals surface area contributed by atoms with Gasteiger partial charge in [0.25, 0.3) is 0 Å². The summed E-state index contributed by atoms with van der Waals surface area (Å²) in [5, 5.41) is 3.37. The Bertz CT molecular complexity index is 524. The summed E-state index contributed by atoms with van der Waals surface area (Å²) in [4.78, 5) is 4.30. The normalized spacial score (nSPS) is 12.3. The van der Waals surface area contributed by atoms with Crippen molar-refractivity contribution < 1.29 is 9.13 Å². The van der Waals surface area contributed by atoms with Gasteiger partial charge in [0, 0.05) is 32.1 Å². The van der Waals surface area contributed by atoms with Crippen molar-refractivity contribution in [2.24, 2.45) is 0 Å². The molecule has 0 bridgehead atoms. The zero-order valence-electron chi connectivity index (χ0n) is 11.8. The zero-order chi connectivity index (χ0) is 14.4. The minimum Gasteiger partial charge on any atom is -0.383 e. The van der Waals surface area contributed by atoms with Crippen LogP contribution >= 0.6 is 0 Å². The highest BCUT2D eigenvalue weighted by Gasteiger charge is 2.08. The molecule has 0 aliphatic rings. The second-order valence-electron chi connectivity index (χ2n) is 4.81. The van der Waals surface area contributed by atoms with Gasteiger partial charge < -0.3 is 14.6 Å². The van der Waals surface area contributed by atoms with Crippen LogP contribution < -0.4 is 5.32 Å². The molecule has 0 aliphatic heterocycles. The molecule has 20 heavy (non-hydrogen) atoms. The van der Waals surface area contributed by atoms with E-state index in [0.717, 1.165) is 24.5 Å². The van der Waals surface area contributed by atoms with Gasteiger partial charge in [0.05, 0.1) is 6.61 Å². The van der Waals surface area contributed by atoms with Crippen molar-refractivity contribution >= 4 is 5.95 Å². The summed E-state index contributed by atoms with van der Waals surface area (Å²) in [7, 11) is 1.68. The highest BCUT2D eigenvalue weighted by molar-refractivity contribution is 5.29. The van der Waals surface area contributed by atoms with E-state index in [9.17, 15) is 4.39 Å². The smallest absolute Gasteiger partial charge is 0.203 e. The number of rotatable bonds is 7. The van der Waals surface area contributed by atoms with Gasteiger partial charge in [0.2, 0.25) is 5.95 Å². The van der Waals surface area contributed by atoms with Crippen molar-refractivity contribution in [1.29, 1.82) is 0 Å². The molecule has 0 saturated carbocycles. The minimum atomic E-state index is -0.204. The van der Waals surface area contributed by atoms with Gasteiger partial charge >= 0.3 is 0 Å². The number of anilines is 1. The molecule has 2 aromatic rings. The van der Waals surface area contributed by atoms with Crippen LogP contribution in [0.2, 0.25) is 0 Å². The number of hydrogen-bond donors (Lipinski definition) is 1. The zero-order valence-corrected chi connectivity index (χ0v) is 11.8. The third-order valence-corrected chi connectivity index (χ3v) is 3.08. The molecule has 1 N–H and O–H groups in total. The first-order valence-corrected chi connectivity index (χ1v) is 6.70. The van der Waals surface area contributed by atoms with Gasteiger partial charge in [-0.05, 0) is 31.0 Å². The Hall–Kier alpha value is -1.88. The molecule has 0 aliphatic carbocycles. The molecule has 0 amide bonds.